The van der Waals surface area contributed by atoms with Crippen LogP contribution in [0.2, 0.25) is 0 Å². The number of likely N-dealkylation sites (tertiary alicyclic amines) is 1. The van der Waals surface area contributed by atoms with Gasteiger partial charge in [-0.2, -0.15) is 0 Å². The maximum atomic E-state index is 12.6. The lowest BCUT2D eigenvalue weighted by atomic mass is 10.0. The van der Waals surface area contributed by atoms with E-state index in [2.05, 4.69) is 45.7 Å². The van der Waals surface area contributed by atoms with Crippen molar-refractivity contribution in [3.63, 3.8) is 0 Å². The van der Waals surface area contributed by atoms with E-state index < -0.39 is 0 Å². The van der Waals surface area contributed by atoms with Gasteiger partial charge in [0.2, 0.25) is 5.91 Å². The number of pyridine rings is 1. The van der Waals surface area contributed by atoms with Crippen LogP contribution in [0.25, 0.3) is 0 Å². The molecule has 1 aromatic rings. The van der Waals surface area contributed by atoms with Crippen molar-refractivity contribution in [1.29, 1.82) is 0 Å². The highest BCUT2D eigenvalue weighted by Gasteiger charge is 2.27. The molecule has 132 valence electrons. The summed E-state index contributed by atoms with van der Waals surface area (Å²) < 4.78 is 0. The summed E-state index contributed by atoms with van der Waals surface area (Å²) in [7, 11) is 0. The Morgan fingerprint density at radius 2 is 1.88 bits per heavy atom. The highest BCUT2D eigenvalue weighted by atomic mass is 16.2. The van der Waals surface area contributed by atoms with Crippen molar-refractivity contribution < 1.29 is 4.79 Å². The number of aromatic nitrogens is 1. The fraction of sp³-hybridized carbons (Fsp3) is 0.684. The molecular formula is C19H30N4O. The molecule has 2 atom stereocenters. The maximum absolute atomic E-state index is 12.6. The minimum atomic E-state index is 0.317. The zero-order valence-electron chi connectivity index (χ0n) is 15.0. The summed E-state index contributed by atoms with van der Waals surface area (Å²) in [6.07, 6.45) is 7.30. The number of nitrogens with zero attached hydrogens (tertiary/aromatic N) is 4. The van der Waals surface area contributed by atoms with E-state index in [-0.39, 0.29) is 0 Å². The van der Waals surface area contributed by atoms with Crippen LogP contribution in [0.4, 0.5) is 0 Å². The molecule has 0 radical (unpaired) electrons. The normalized spacial score (nSPS) is 24.8. The third-order valence-electron chi connectivity index (χ3n) is 5.63. The summed E-state index contributed by atoms with van der Waals surface area (Å²) in [6.45, 7) is 9.96. The molecule has 0 aromatic carbocycles. The van der Waals surface area contributed by atoms with E-state index in [1.165, 1.54) is 12.0 Å². The van der Waals surface area contributed by atoms with Crippen LogP contribution in [0, 0.1) is 0 Å². The Bertz CT molecular complexity index is 527. The molecule has 1 aromatic heterocycles. The summed E-state index contributed by atoms with van der Waals surface area (Å²) in [5.41, 5.74) is 1.32. The highest BCUT2D eigenvalue weighted by Crippen LogP contribution is 2.21. The van der Waals surface area contributed by atoms with Gasteiger partial charge in [-0.15, -0.1) is 0 Å². The lowest BCUT2D eigenvalue weighted by Gasteiger charge is -2.39. The molecule has 0 saturated carbocycles. The second-order valence-corrected chi connectivity index (χ2v) is 7.20. The monoisotopic (exact) mass is 330 g/mol. The van der Waals surface area contributed by atoms with E-state index in [0.717, 1.165) is 45.6 Å². The molecule has 0 bridgehead atoms. The standard InChI is InChI=1S/C19H30N4O/c1-16-5-3-4-10-23(16)19(24)15-21-11-13-22(14-12-21)17(2)18-6-8-20-9-7-18/h6-9,16-17H,3-5,10-15H2,1-2H3/t16-,17-/m0/s1. The van der Waals surface area contributed by atoms with Crippen molar-refractivity contribution in [3.8, 4) is 0 Å². The first kappa shape index (κ1) is 17.4. The number of carbonyl (C=O) groups is 1. The van der Waals surface area contributed by atoms with Crippen molar-refractivity contribution in [3.05, 3.63) is 30.1 Å². The second-order valence-electron chi connectivity index (χ2n) is 7.20. The summed E-state index contributed by atoms with van der Waals surface area (Å²) >= 11 is 0. The molecule has 5 heteroatoms. The molecule has 3 heterocycles. The Hall–Kier alpha value is -1.46. The number of rotatable bonds is 4. The van der Waals surface area contributed by atoms with E-state index in [0.29, 0.717) is 24.5 Å². The van der Waals surface area contributed by atoms with Gasteiger partial charge in [-0.05, 0) is 50.8 Å². The minimum Gasteiger partial charge on any atom is -0.339 e. The second kappa shape index (κ2) is 8.08. The maximum Gasteiger partial charge on any atom is 0.236 e. The van der Waals surface area contributed by atoms with Crippen molar-refractivity contribution in [1.82, 2.24) is 19.7 Å². The zero-order valence-corrected chi connectivity index (χ0v) is 15.0. The molecule has 2 aliphatic heterocycles. The van der Waals surface area contributed by atoms with Gasteiger partial charge in [0.05, 0.1) is 6.54 Å². The Morgan fingerprint density at radius 1 is 1.17 bits per heavy atom. The summed E-state index contributed by atoms with van der Waals surface area (Å²) in [5, 5.41) is 0. The average molecular weight is 330 g/mol. The third-order valence-corrected chi connectivity index (χ3v) is 5.63. The Labute approximate surface area is 145 Å². The lowest BCUT2D eigenvalue weighted by molar-refractivity contribution is -0.136. The quantitative estimate of drug-likeness (QED) is 0.848. The van der Waals surface area contributed by atoms with Gasteiger partial charge in [0.25, 0.3) is 0 Å². The van der Waals surface area contributed by atoms with Gasteiger partial charge in [0.15, 0.2) is 0 Å². The lowest BCUT2D eigenvalue weighted by Crippen LogP contribution is -2.52. The average Bonchev–Trinajstić information content (AvgIpc) is 2.63. The Morgan fingerprint density at radius 3 is 2.54 bits per heavy atom. The van der Waals surface area contributed by atoms with Crippen LogP contribution in [0.3, 0.4) is 0 Å². The summed E-state index contributed by atoms with van der Waals surface area (Å²) in [5.74, 6) is 0.317. The van der Waals surface area contributed by atoms with E-state index in [9.17, 15) is 4.79 Å². The number of amides is 1. The Balaban J connectivity index is 1.47. The van der Waals surface area contributed by atoms with Crippen LogP contribution in [-0.4, -0.2) is 70.9 Å². The molecule has 0 aliphatic carbocycles. The van der Waals surface area contributed by atoms with Gasteiger partial charge >= 0.3 is 0 Å². The van der Waals surface area contributed by atoms with E-state index >= 15 is 0 Å². The smallest absolute Gasteiger partial charge is 0.236 e. The first-order chi connectivity index (χ1) is 11.6. The molecule has 0 spiro atoms. The molecule has 3 rings (SSSR count). The molecule has 0 unspecified atom stereocenters. The van der Waals surface area contributed by atoms with Gasteiger partial charge < -0.3 is 4.90 Å². The highest BCUT2D eigenvalue weighted by molar-refractivity contribution is 5.78. The zero-order chi connectivity index (χ0) is 16.9. The molecule has 0 N–H and O–H groups in total. The SMILES string of the molecule is C[C@@H](c1ccncc1)N1CCN(CC(=O)N2CCCC[C@@H]2C)CC1. The Kier molecular flexibility index (Phi) is 5.85. The molecular weight excluding hydrogens is 300 g/mol. The van der Waals surface area contributed by atoms with Crippen molar-refractivity contribution in [2.24, 2.45) is 0 Å². The van der Waals surface area contributed by atoms with Gasteiger partial charge in [0, 0.05) is 57.2 Å². The molecule has 24 heavy (non-hydrogen) atoms. The first-order valence-electron chi connectivity index (χ1n) is 9.31. The summed E-state index contributed by atoms with van der Waals surface area (Å²) in [4.78, 5) is 23.6. The van der Waals surface area contributed by atoms with Crippen LogP contribution < -0.4 is 0 Å². The predicted molar refractivity (Wildman–Crippen MR) is 95.7 cm³/mol. The molecule has 1 amide bonds. The van der Waals surface area contributed by atoms with Crippen LogP contribution >= 0.6 is 0 Å². The van der Waals surface area contributed by atoms with E-state index in [1.807, 2.05) is 12.4 Å². The van der Waals surface area contributed by atoms with Crippen molar-refractivity contribution in [2.75, 3.05) is 39.3 Å². The number of carbonyl (C=O) groups excluding carboxylic acids is 1. The third kappa shape index (κ3) is 4.14. The van der Waals surface area contributed by atoms with Crippen LogP contribution in [0.15, 0.2) is 24.5 Å². The topological polar surface area (TPSA) is 39.7 Å². The van der Waals surface area contributed by atoms with Crippen LogP contribution in [-0.2, 0) is 4.79 Å². The van der Waals surface area contributed by atoms with Gasteiger partial charge in [-0.25, -0.2) is 0 Å². The first-order valence-corrected chi connectivity index (χ1v) is 9.31. The van der Waals surface area contributed by atoms with Crippen molar-refractivity contribution in [2.45, 2.75) is 45.2 Å². The van der Waals surface area contributed by atoms with Gasteiger partial charge in [0.1, 0.15) is 0 Å². The van der Waals surface area contributed by atoms with Gasteiger partial charge in [-0.3, -0.25) is 19.6 Å². The van der Waals surface area contributed by atoms with E-state index in [1.54, 1.807) is 0 Å². The number of piperidine rings is 1. The number of piperazine rings is 1. The largest absolute Gasteiger partial charge is 0.339 e. The fourth-order valence-electron chi connectivity index (χ4n) is 3.91. The van der Waals surface area contributed by atoms with Crippen LogP contribution in [0.1, 0.15) is 44.7 Å². The molecule has 2 aliphatic rings. The number of hydrogen-bond acceptors (Lipinski definition) is 4. The fourth-order valence-corrected chi connectivity index (χ4v) is 3.91. The van der Waals surface area contributed by atoms with Gasteiger partial charge in [-0.1, -0.05) is 0 Å². The molecule has 2 fully saturated rings. The number of hydrogen-bond donors (Lipinski definition) is 0. The predicted octanol–water partition coefficient (Wildman–Crippen LogP) is 2.16. The minimum absolute atomic E-state index is 0.317. The van der Waals surface area contributed by atoms with Crippen LogP contribution in [0.5, 0.6) is 0 Å². The summed E-state index contributed by atoms with van der Waals surface area (Å²) in [6, 6.07) is 5.02. The van der Waals surface area contributed by atoms with E-state index in [4.69, 9.17) is 0 Å². The van der Waals surface area contributed by atoms with Crippen molar-refractivity contribution >= 4 is 5.91 Å². The molecule has 5 nitrogen and oxygen atoms in total. The molecule has 2 saturated heterocycles.